The number of ether oxygens (including phenoxy) is 1. The monoisotopic (exact) mass is 424 g/mol. The molecule has 0 spiro atoms. The van der Waals surface area contributed by atoms with E-state index in [4.69, 9.17) is 4.74 Å². The van der Waals surface area contributed by atoms with Gasteiger partial charge in [-0.2, -0.15) is 0 Å². The lowest BCUT2D eigenvalue weighted by Gasteiger charge is -2.40. The lowest BCUT2D eigenvalue weighted by Crippen LogP contribution is -2.43. The van der Waals surface area contributed by atoms with Crippen LogP contribution in [0, 0.1) is 17.3 Å². The first kappa shape index (κ1) is 27.2. The van der Waals surface area contributed by atoms with Crippen molar-refractivity contribution in [2.24, 2.45) is 17.3 Å². The van der Waals surface area contributed by atoms with Gasteiger partial charge in [0.2, 0.25) is 0 Å². The number of hydrogen-bond donors (Lipinski definition) is 2. The molecule has 1 rings (SSSR count). The summed E-state index contributed by atoms with van der Waals surface area (Å²) in [7, 11) is 0. The van der Waals surface area contributed by atoms with Gasteiger partial charge in [0.1, 0.15) is 0 Å². The van der Waals surface area contributed by atoms with Crippen LogP contribution in [0.5, 0.6) is 0 Å². The second-order valence-corrected chi connectivity index (χ2v) is 10.1. The highest BCUT2D eigenvalue weighted by atomic mass is 16.5. The summed E-state index contributed by atoms with van der Waals surface area (Å²) in [4.78, 5) is 11.4. The zero-order chi connectivity index (χ0) is 22.6. The first-order chi connectivity index (χ1) is 14.1. The molecule has 4 nitrogen and oxygen atoms in total. The van der Waals surface area contributed by atoms with Crippen molar-refractivity contribution in [1.82, 2.24) is 0 Å². The van der Waals surface area contributed by atoms with E-state index in [-0.39, 0.29) is 17.3 Å². The molecule has 1 unspecified atom stereocenters. The van der Waals surface area contributed by atoms with Crippen LogP contribution >= 0.6 is 0 Å². The predicted octanol–water partition coefficient (Wildman–Crippen LogP) is 6.54. The molecule has 30 heavy (non-hydrogen) atoms. The van der Waals surface area contributed by atoms with Crippen molar-refractivity contribution < 1.29 is 19.7 Å². The van der Waals surface area contributed by atoms with Crippen LogP contribution in [0.4, 0.5) is 0 Å². The summed E-state index contributed by atoms with van der Waals surface area (Å²) in [6.45, 7) is 10.4. The van der Waals surface area contributed by atoms with Gasteiger partial charge in [0, 0.05) is 12.3 Å². The summed E-state index contributed by atoms with van der Waals surface area (Å²) in [6.07, 6.45) is 16.1. The number of carbonyl (C=O) groups excluding carboxylic acids is 1. The Labute approximate surface area is 185 Å². The third-order valence-corrected chi connectivity index (χ3v) is 6.93. The van der Waals surface area contributed by atoms with Crippen LogP contribution in [0.2, 0.25) is 0 Å². The number of unbranched alkanes of at least 4 members (excludes halogenated alkanes) is 4. The smallest absolute Gasteiger partial charge is 0.305 e. The van der Waals surface area contributed by atoms with Crippen LogP contribution < -0.4 is 0 Å². The maximum atomic E-state index is 11.4. The minimum absolute atomic E-state index is 0.0744. The molecule has 0 bridgehead atoms. The first-order valence-corrected chi connectivity index (χ1v) is 12.4. The van der Waals surface area contributed by atoms with Crippen LogP contribution in [-0.2, 0) is 9.53 Å². The lowest BCUT2D eigenvalue weighted by atomic mass is 9.69. The molecule has 1 aliphatic carbocycles. The largest absolute Gasteiger partial charge is 0.466 e. The summed E-state index contributed by atoms with van der Waals surface area (Å²) in [6, 6.07) is 0. The van der Waals surface area contributed by atoms with Gasteiger partial charge < -0.3 is 14.9 Å². The molecule has 0 amide bonds. The van der Waals surface area contributed by atoms with Crippen LogP contribution in [0.3, 0.4) is 0 Å². The fraction of sp³-hybridized carbons (Fsp3) is 0.885. The Hall–Kier alpha value is -0.870. The summed E-state index contributed by atoms with van der Waals surface area (Å²) in [5, 5.41) is 20.9. The van der Waals surface area contributed by atoms with Crippen molar-refractivity contribution in [2.45, 2.75) is 124 Å². The summed E-state index contributed by atoms with van der Waals surface area (Å²) < 4.78 is 4.98. The lowest BCUT2D eigenvalue weighted by molar-refractivity contribution is -0.210. The Kier molecular flexibility index (Phi) is 12.2. The van der Waals surface area contributed by atoms with Gasteiger partial charge in [0.25, 0.3) is 0 Å². The van der Waals surface area contributed by atoms with Crippen molar-refractivity contribution in [3.05, 3.63) is 11.6 Å². The predicted molar refractivity (Wildman–Crippen MR) is 124 cm³/mol. The molecule has 0 radical (unpaired) electrons. The number of carbonyl (C=O) groups is 1. The van der Waals surface area contributed by atoms with Gasteiger partial charge in [0.15, 0.2) is 5.79 Å². The number of allylic oxidation sites excluding steroid dienone is 2. The van der Waals surface area contributed by atoms with E-state index in [1.807, 2.05) is 6.92 Å². The highest BCUT2D eigenvalue weighted by molar-refractivity contribution is 5.69. The average molecular weight is 425 g/mol. The van der Waals surface area contributed by atoms with E-state index in [9.17, 15) is 15.0 Å². The van der Waals surface area contributed by atoms with Crippen LogP contribution in [0.25, 0.3) is 0 Å². The molecule has 2 atom stereocenters. The van der Waals surface area contributed by atoms with E-state index in [2.05, 4.69) is 26.8 Å². The Morgan fingerprint density at radius 3 is 2.47 bits per heavy atom. The summed E-state index contributed by atoms with van der Waals surface area (Å²) in [5.74, 6) is -1.23. The van der Waals surface area contributed by atoms with E-state index >= 15 is 0 Å². The molecule has 176 valence electrons. The van der Waals surface area contributed by atoms with Gasteiger partial charge in [-0.3, -0.25) is 4.79 Å². The van der Waals surface area contributed by atoms with Crippen molar-refractivity contribution in [3.63, 3.8) is 0 Å². The maximum absolute atomic E-state index is 11.4. The molecule has 0 saturated heterocycles. The van der Waals surface area contributed by atoms with E-state index in [0.717, 1.165) is 44.9 Å². The summed E-state index contributed by atoms with van der Waals surface area (Å²) in [5.41, 5.74) is 1.43. The van der Waals surface area contributed by atoms with E-state index < -0.39 is 5.79 Å². The highest BCUT2D eigenvalue weighted by Crippen LogP contribution is 2.42. The molecule has 1 saturated carbocycles. The van der Waals surface area contributed by atoms with Gasteiger partial charge in [0.05, 0.1) is 6.61 Å². The number of esters is 1. The fourth-order valence-corrected chi connectivity index (χ4v) is 5.15. The van der Waals surface area contributed by atoms with Crippen LogP contribution in [-0.4, -0.2) is 28.6 Å². The topological polar surface area (TPSA) is 66.8 Å². The van der Waals surface area contributed by atoms with Gasteiger partial charge in [-0.25, -0.2) is 0 Å². The van der Waals surface area contributed by atoms with E-state index in [0.29, 0.717) is 18.9 Å². The molecule has 2 N–H and O–H groups in total. The Bertz CT molecular complexity index is 516. The fourth-order valence-electron chi connectivity index (χ4n) is 5.15. The molecule has 0 aromatic rings. The van der Waals surface area contributed by atoms with Gasteiger partial charge in [-0.15, -0.1) is 0 Å². The van der Waals surface area contributed by atoms with Crippen molar-refractivity contribution in [2.75, 3.05) is 6.61 Å². The standard InChI is InChI=1S/C26H48O4/c1-6-8-20-25(3,4)23(26(5,28)29)19-18-22-16-13-15-21(22)14-11-9-10-12-17-24(27)30-7-2/h18,21,23,28-29H,6-17,19-20H2,1-5H3/t21-,23?/m0/s1. The van der Waals surface area contributed by atoms with Crippen molar-refractivity contribution in [1.29, 1.82) is 0 Å². The Morgan fingerprint density at radius 1 is 1.13 bits per heavy atom. The van der Waals surface area contributed by atoms with Gasteiger partial charge >= 0.3 is 5.97 Å². The zero-order valence-corrected chi connectivity index (χ0v) is 20.3. The summed E-state index contributed by atoms with van der Waals surface area (Å²) >= 11 is 0. The van der Waals surface area contributed by atoms with Crippen molar-refractivity contribution >= 4 is 5.97 Å². The van der Waals surface area contributed by atoms with Crippen molar-refractivity contribution in [3.8, 4) is 0 Å². The second kappa shape index (κ2) is 13.5. The highest BCUT2D eigenvalue weighted by Gasteiger charge is 2.40. The second-order valence-electron chi connectivity index (χ2n) is 10.1. The molecule has 0 heterocycles. The first-order valence-electron chi connectivity index (χ1n) is 12.4. The average Bonchev–Trinajstić information content (AvgIpc) is 3.09. The molecular weight excluding hydrogens is 376 g/mol. The minimum Gasteiger partial charge on any atom is -0.466 e. The SMILES string of the molecule is CCCCC(C)(C)C(CC=C1CCC[C@@H]1CCCCCCC(=O)OCC)C(C)(O)O. The van der Waals surface area contributed by atoms with Crippen LogP contribution in [0.15, 0.2) is 11.6 Å². The number of aliphatic hydroxyl groups is 2. The quantitative estimate of drug-likeness (QED) is 0.136. The molecular formula is C26H48O4. The third-order valence-electron chi connectivity index (χ3n) is 6.93. The maximum Gasteiger partial charge on any atom is 0.305 e. The third kappa shape index (κ3) is 9.96. The molecule has 4 heteroatoms. The van der Waals surface area contributed by atoms with Crippen LogP contribution in [0.1, 0.15) is 118 Å². The number of rotatable bonds is 15. The molecule has 1 aliphatic rings. The van der Waals surface area contributed by atoms with Gasteiger partial charge in [-0.05, 0) is 70.1 Å². The Morgan fingerprint density at radius 2 is 1.83 bits per heavy atom. The molecule has 0 aromatic carbocycles. The Balaban J connectivity index is 2.51. The van der Waals surface area contributed by atoms with E-state index in [1.165, 1.54) is 37.7 Å². The minimum atomic E-state index is -1.65. The molecule has 1 fully saturated rings. The van der Waals surface area contributed by atoms with E-state index in [1.54, 1.807) is 6.92 Å². The number of hydrogen-bond acceptors (Lipinski definition) is 4. The van der Waals surface area contributed by atoms with Gasteiger partial charge in [-0.1, -0.05) is 64.5 Å². The zero-order valence-electron chi connectivity index (χ0n) is 20.3. The molecule has 0 aromatic heterocycles. The normalized spacial score (nSPS) is 20.0. The molecule has 0 aliphatic heterocycles.